The number of aryl methyl sites for hydroxylation is 1. The highest BCUT2D eigenvalue weighted by molar-refractivity contribution is 6.31. The van der Waals surface area contributed by atoms with Crippen LogP contribution in [0.15, 0.2) is 36.4 Å². The van der Waals surface area contributed by atoms with Crippen LogP contribution in [0.4, 0.5) is 4.39 Å². The van der Waals surface area contributed by atoms with E-state index in [-0.39, 0.29) is 5.82 Å². The van der Waals surface area contributed by atoms with Crippen LogP contribution in [-0.4, -0.2) is 7.11 Å². The lowest BCUT2D eigenvalue weighted by molar-refractivity contribution is 0.410. The molecule has 0 aliphatic carbocycles. The molecule has 0 spiro atoms. The normalized spacial score (nSPS) is 12.3. The second-order valence-corrected chi connectivity index (χ2v) is 5.15. The molecule has 0 aliphatic heterocycles. The minimum absolute atomic E-state index is 0.340. The third-order valence-corrected chi connectivity index (χ3v) is 3.59. The summed E-state index contributed by atoms with van der Waals surface area (Å²) in [5.41, 5.74) is 2.02. The number of hydrogen-bond donors (Lipinski definition) is 0. The summed E-state index contributed by atoms with van der Waals surface area (Å²) in [6, 6.07) is 9.97. The van der Waals surface area contributed by atoms with E-state index in [9.17, 15) is 4.39 Å². The lowest BCUT2D eigenvalue weighted by Crippen LogP contribution is -2.00. The molecule has 2 rings (SSSR count). The van der Waals surface area contributed by atoms with Crippen LogP contribution in [-0.2, 0) is 0 Å². The molecule has 0 fully saturated rings. The zero-order chi connectivity index (χ0) is 14.0. The van der Waals surface area contributed by atoms with Crippen LogP contribution < -0.4 is 4.74 Å². The molecule has 0 radical (unpaired) electrons. The van der Waals surface area contributed by atoms with Gasteiger partial charge in [-0.15, -0.1) is 11.6 Å². The smallest absolute Gasteiger partial charge is 0.128 e. The number of halogens is 3. The topological polar surface area (TPSA) is 9.23 Å². The van der Waals surface area contributed by atoms with E-state index in [1.165, 1.54) is 6.07 Å². The minimum atomic E-state index is -0.645. The summed E-state index contributed by atoms with van der Waals surface area (Å²) in [5.74, 6) is 0.248. The molecule has 0 amide bonds. The summed E-state index contributed by atoms with van der Waals surface area (Å²) in [6.45, 7) is 1.89. The standard InChI is InChI=1S/C15H13Cl2FO/c1-9-3-5-13(18)11(7-9)15(17)12-8-10(16)4-6-14(12)19-2/h3-8,15H,1-2H3. The van der Waals surface area contributed by atoms with Gasteiger partial charge in [-0.3, -0.25) is 0 Å². The van der Waals surface area contributed by atoms with E-state index in [4.69, 9.17) is 27.9 Å². The van der Waals surface area contributed by atoms with Crippen molar-refractivity contribution in [2.24, 2.45) is 0 Å². The summed E-state index contributed by atoms with van der Waals surface area (Å²) in [7, 11) is 1.54. The van der Waals surface area contributed by atoms with Crippen molar-refractivity contribution in [1.29, 1.82) is 0 Å². The monoisotopic (exact) mass is 298 g/mol. The zero-order valence-electron chi connectivity index (χ0n) is 10.6. The van der Waals surface area contributed by atoms with E-state index in [1.54, 1.807) is 37.4 Å². The molecule has 19 heavy (non-hydrogen) atoms. The van der Waals surface area contributed by atoms with Gasteiger partial charge in [0.25, 0.3) is 0 Å². The van der Waals surface area contributed by atoms with Crippen LogP contribution in [0.25, 0.3) is 0 Å². The van der Waals surface area contributed by atoms with Crippen molar-refractivity contribution in [3.05, 3.63) is 63.9 Å². The van der Waals surface area contributed by atoms with Crippen molar-refractivity contribution >= 4 is 23.2 Å². The number of benzene rings is 2. The Morgan fingerprint density at radius 1 is 1.11 bits per heavy atom. The molecular weight excluding hydrogens is 286 g/mol. The molecule has 0 bridgehead atoms. The molecule has 2 aromatic carbocycles. The van der Waals surface area contributed by atoms with Gasteiger partial charge in [0.1, 0.15) is 11.6 Å². The molecule has 100 valence electrons. The molecule has 2 aromatic rings. The molecule has 0 saturated carbocycles. The molecule has 1 atom stereocenters. The largest absolute Gasteiger partial charge is 0.496 e. The van der Waals surface area contributed by atoms with Gasteiger partial charge in [-0.1, -0.05) is 29.3 Å². The summed E-state index contributed by atoms with van der Waals surface area (Å²) >= 11 is 12.4. The summed E-state index contributed by atoms with van der Waals surface area (Å²) in [5, 5.41) is -0.108. The summed E-state index contributed by atoms with van der Waals surface area (Å²) < 4.78 is 19.1. The van der Waals surface area contributed by atoms with Crippen molar-refractivity contribution in [1.82, 2.24) is 0 Å². The lowest BCUT2D eigenvalue weighted by Gasteiger charge is -2.16. The molecule has 0 N–H and O–H groups in total. The Labute approximate surface area is 121 Å². The fourth-order valence-corrected chi connectivity index (χ4v) is 2.45. The Morgan fingerprint density at radius 2 is 1.84 bits per heavy atom. The maximum Gasteiger partial charge on any atom is 0.128 e. The first-order chi connectivity index (χ1) is 9.02. The predicted octanol–water partition coefficient (Wildman–Crippen LogP) is 5.12. The fourth-order valence-electron chi connectivity index (χ4n) is 1.93. The second kappa shape index (κ2) is 5.81. The highest BCUT2D eigenvalue weighted by atomic mass is 35.5. The SMILES string of the molecule is COc1ccc(Cl)cc1C(Cl)c1cc(C)ccc1F. The van der Waals surface area contributed by atoms with E-state index in [2.05, 4.69) is 0 Å². The van der Waals surface area contributed by atoms with Gasteiger partial charge in [-0.05, 0) is 31.2 Å². The van der Waals surface area contributed by atoms with Gasteiger partial charge in [0, 0.05) is 16.1 Å². The van der Waals surface area contributed by atoms with E-state index in [0.717, 1.165) is 5.56 Å². The zero-order valence-corrected chi connectivity index (χ0v) is 12.1. The predicted molar refractivity (Wildman–Crippen MR) is 76.8 cm³/mol. The van der Waals surface area contributed by atoms with Crippen LogP contribution in [0.2, 0.25) is 5.02 Å². The molecular formula is C15H13Cl2FO. The van der Waals surface area contributed by atoms with Crippen molar-refractivity contribution in [3.8, 4) is 5.75 Å². The van der Waals surface area contributed by atoms with Crippen LogP contribution in [0.5, 0.6) is 5.75 Å². The van der Waals surface area contributed by atoms with Crippen molar-refractivity contribution in [3.63, 3.8) is 0 Å². The second-order valence-electron chi connectivity index (χ2n) is 4.27. The van der Waals surface area contributed by atoms with Crippen LogP contribution >= 0.6 is 23.2 Å². The van der Waals surface area contributed by atoms with Gasteiger partial charge < -0.3 is 4.74 Å². The van der Waals surface area contributed by atoms with Crippen molar-refractivity contribution in [2.75, 3.05) is 7.11 Å². The first kappa shape index (κ1) is 14.2. The first-order valence-corrected chi connectivity index (χ1v) is 6.58. The highest BCUT2D eigenvalue weighted by Crippen LogP contribution is 2.37. The number of ether oxygens (including phenoxy) is 1. The average molecular weight is 299 g/mol. The molecule has 1 unspecified atom stereocenters. The Bertz CT molecular complexity index is 599. The quantitative estimate of drug-likeness (QED) is 0.714. The summed E-state index contributed by atoms with van der Waals surface area (Å²) in [6.07, 6.45) is 0. The lowest BCUT2D eigenvalue weighted by atomic mass is 10.0. The minimum Gasteiger partial charge on any atom is -0.496 e. The third kappa shape index (κ3) is 3.02. The number of alkyl halides is 1. The van der Waals surface area contributed by atoms with Crippen LogP contribution in [0, 0.1) is 12.7 Å². The van der Waals surface area contributed by atoms with Gasteiger partial charge >= 0.3 is 0 Å². The van der Waals surface area contributed by atoms with Gasteiger partial charge in [0.05, 0.1) is 12.5 Å². The summed E-state index contributed by atoms with van der Waals surface area (Å²) in [4.78, 5) is 0. The number of methoxy groups -OCH3 is 1. The average Bonchev–Trinajstić information content (AvgIpc) is 2.40. The fraction of sp³-hybridized carbons (Fsp3) is 0.200. The maximum atomic E-state index is 13.9. The Hall–Kier alpha value is -1.25. The van der Waals surface area contributed by atoms with Gasteiger partial charge in [0.15, 0.2) is 0 Å². The van der Waals surface area contributed by atoms with Crippen molar-refractivity contribution < 1.29 is 9.13 Å². The molecule has 0 heterocycles. The Balaban J connectivity index is 2.51. The highest BCUT2D eigenvalue weighted by Gasteiger charge is 2.19. The maximum absolute atomic E-state index is 13.9. The molecule has 0 saturated heterocycles. The third-order valence-electron chi connectivity index (χ3n) is 2.89. The molecule has 0 aromatic heterocycles. The van der Waals surface area contributed by atoms with Crippen molar-refractivity contribution in [2.45, 2.75) is 12.3 Å². The Kier molecular flexibility index (Phi) is 4.33. The van der Waals surface area contributed by atoms with Gasteiger partial charge in [0.2, 0.25) is 0 Å². The van der Waals surface area contributed by atoms with Gasteiger partial charge in [-0.2, -0.15) is 0 Å². The van der Waals surface area contributed by atoms with E-state index >= 15 is 0 Å². The molecule has 1 nitrogen and oxygen atoms in total. The number of hydrogen-bond acceptors (Lipinski definition) is 1. The van der Waals surface area contributed by atoms with Gasteiger partial charge in [-0.25, -0.2) is 4.39 Å². The van der Waals surface area contributed by atoms with Crippen LogP contribution in [0.1, 0.15) is 22.1 Å². The van der Waals surface area contributed by atoms with Crippen LogP contribution in [0.3, 0.4) is 0 Å². The first-order valence-electron chi connectivity index (χ1n) is 5.76. The van der Waals surface area contributed by atoms with E-state index in [1.807, 2.05) is 6.92 Å². The number of rotatable bonds is 3. The molecule has 0 aliphatic rings. The van der Waals surface area contributed by atoms with E-state index in [0.29, 0.717) is 21.9 Å². The molecule has 4 heteroatoms. The Morgan fingerprint density at radius 3 is 2.53 bits per heavy atom. The van der Waals surface area contributed by atoms with E-state index < -0.39 is 5.38 Å².